The first-order chi connectivity index (χ1) is 9.37. The van der Waals surface area contributed by atoms with Gasteiger partial charge in [0.15, 0.2) is 0 Å². The molecule has 0 aromatic heterocycles. The number of alkyl halides is 3. The zero-order chi connectivity index (χ0) is 15.2. The van der Waals surface area contributed by atoms with Crippen molar-refractivity contribution in [1.82, 2.24) is 0 Å². The second kappa shape index (κ2) is 7.25. The molecule has 0 atom stereocenters. The molecule has 112 valence electrons. The Balaban J connectivity index is 2.89. The van der Waals surface area contributed by atoms with Gasteiger partial charge < -0.3 is 14.2 Å². The molecule has 0 heterocycles. The van der Waals surface area contributed by atoms with Gasteiger partial charge in [0.2, 0.25) is 12.1 Å². The molecule has 4 nitrogen and oxygen atoms in total. The summed E-state index contributed by atoms with van der Waals surface area (Å²) in [6.07, 6.45) is -5.94. The van der Waals surface area contributed by atoms with Crippen molar-refractivity contribution in [2.75, 3.05) is 13.2 Å². The molecule has 0 aliphatic heterocycles. The number of Topliss-reactive ketones (excluding diaryl/α,β-unsaturated/α-hetero) is 1. The van der Waals surface area contributed by atoms with Crippen molar-refractivity contribution in [3.63, 3.8) is 0 Å². The first kappa shape index (κ1) is 16.5. The normalized spacial score (nSPS) is 11.7. The van der Waals surface area contributed by atoms with Crippen molar-refractivity contribution in [1.29, 1.82) is 0 Å². The van der Waals surface area contributed by atoms with Gasteiger partial charge in [0.25, 0.3) is 0 Å². The topological polar surface area (TPSA) is 44.8 Å². The van der Waals surface area contributed by atoms with E-state index in [1.165, 1.54) is 12.1 Å². The second-order valence-corrected chi connectivity index (χ2v) is 3.68. The molecule has 0 saturated heterocycles. The van der Waals surface area contributed by atoms with Gasteiger partial charge in [0.1, 0.15) is 5.75 Å². The van der Waals surface area contributed by atoms with Gasteiger partial charge >= 0.3 is 6.36 Å². The molecule has 0 aliphatic carbocycles. The molecule has 0 bridgehead atoms. The lowest BCUT2D eigenvalue weighted by Gasteiger charge is -2.16. The van der Waals surface area contributed by atoms with E-state index in [1.54, 1.807) is 13.8 Å². The van der Waals surface area contributed by atoms with E-state index in [4.69, 9.17) is 9.47 Å². The van der Waals surface area contributed by atoms with Crippen molar-refractivity contribution in [3.8, 4) is 5.75 Å². The summed E-state index contributed by atoms with van der Waals surface area (Å²) in [5.74, 6) is -1.02. The predicted molar refractivity (Wildman–Crippen MR) is 64.5 cm³/mol. The maximum Gasteiger partial charge on any atom is 0.573 e. The second-order valence-electron chi connectivity index (χ2n) is 3.68. The molecular weight excluding hydrogens is 277 g/mol. The van der Waals surface area contributed by atoms with Gasteiger partial charge in [-0.2, -0.15) is 0 Å². The molecule has 1 aromatic rings. The quantitative estimate of drug-likeness (QED) is 0.572. The number of carbonyl (C=O) groups is 1. The Morgan fingerprint density at radius 3 is 2.30 bits per heavy atom. The minimum absolute atomic E-state index is 0.0265. The first-order valence-corrected chi connectivity index (χ1v) is 6.00. The molecular formula is C13H15F3O4. The van der Waals surface area contributed by atoms with Crippen LogP contribution in [0.3, 0.4) is 0 Å². The van der Waals surface area contributed by atoms with Crippen molar-refractivity contribution in [2.24, 2.45) is 0 Å². The summed E-state index contributed by atoms with van der Waals surface area (Å²) in [7, 11) is 0. The molecule has 0 radical (unpaired) electrons. The lowest BCUT2D eigenvalue weighted by atomic mass is 10.1. The number of halogens is 3. The van der Waals surface area contributed by atoms with Gasteiger partial charge in [0.05, 0.1) is 0 Å². The molecule has 1 rings (SSSR count). The highest BCUT2D eigenvalue weighted by Crippen LogP contribution is 2.24. The molecule has 20 heavy (non-hydrogen) atoms. The van der Waals surface area contributed by atoms with E-state index in [0.29, 0.717) is 0 Å². The van der Waals surface area contributed by atoms with Crippen molar-refractivity contribution < 1.29 is 32.2 Å². The van der Waals surface area contributed by atoms with Crippen LogP contribution in [0.15, 0.2) is 24.3 Å². The SMILES string of the molecule is CCOC(OCC)C(=O)c1cccc(OC(F)(F)F)c1. The fourth-order valence-electron chi connectivity index (χ4n) is 1.48. The smallest absolute Gasteiger partial charge is 0.406 e. The van der Waals surface area contributed by atoms with Gasteiger partial charge in [0, 0.05) is 18.8 Å². The van der Waals surface area contributed by atoms with E-state index < -0.39 is 24.2 Å². The summed E-state index contributed by atoms with van der Waals surface area (Å²) in [6.45, 7) is 3.86. The van der Waals surface area contributed by atoms with E-state index in [9.17, 15) is 18.0 Å². The van der Waals surface area contributed by atoms with E-state index >= 15 is 0 Å². The lowest BCUT2D eigenvalue weighted by Crippen LogP contribution is -2.28. The Hall–Kier alpha value is -1.60. The van der Waals surface area contributed by atoms with Gasteiger partial charge in [-0.05, 0) is 26.0 Å². The average molecular weight is 292 g/mol. The summed E-state index contributed by atoms with van der Waals surface area (Å²) < 4.78 is 50.3. The van der Waals surface area contributed by atoms with Crippen LogP contribution in [0.4, 0.5) is 13.2 Å². The third-order valence-electron chi connectivity index (χ3n) is 2.20. The number of ether oxygens (including phenoxy) is 3. The first-order valence-electron chi connectivity index (χ1n) is 6.00. The molecule has 0 unspecified atom stereocenters. The van der Waals surface area contributed by atoms with E-state index in [0.717, 1.165) is 12.1 Å². The van der Waals surface area contributed by atoms with Crippen LogP contribution < -0.4 is 4.74 Å². The highest BCUT2D eigenvalue weighted by molar-refractivity contribution is 5.98. The molecule has 0 amide bonds. The van der Waals surface area contributed by atoms with Crippen LogP contribution in [0.25, 0.3) is 0 Å². The van der Waals surface area contributed by atoms with Crippen LogP contribution >= 0.6 is 0 Å². The van der Waals surface area contributed by atoms with Gasteiger partial charge in [-0.1, -0.05) is 12.1 Å². The summed E-state index contributed by atoms with van der Waals surface area (Å²) in [6, 6.07) is 4.78. The minimum Gasteiger partial charge on any atom is -0.406 e. The Morgan fingerprint density at radius 2 is 1.80 bits per heavy atom. The van der Waals surface area contributed by atoms with E-state index in [2.05, 4.69) is 4.74 Å². The van der Waals surface area contributed by atoms with E-state index in [-0.39, 0.29) is 18.8 Å². The lowest BCUT2D eigenvalue weighted by molar-refractivity contribution is -0.274. The summed E-state index contributed by atoms with van der Waals surface area (Å²) in [5, 5.41) is 0. The molecule has 0 saturated carbocycles. The van der Waals surface area contributed by atoms with Crippen LogP contribution in [0.2, 0.25) is 0 Å². The number of hydrogen-bond donors (Lipinski definition) is 0. The molecule has 7 heteroatoms. The summed E-state index contributed by atoms with van der Waals surface area (Å²) in [5.41, 5.74) is 0.0265. The maximum atomic E-state index is 12.1. The molecule has 0 fully saturated rings. The predicted octanol–water partition coefficient (Wildman–Crippen LogP) is 3.17. The van der Waals surface area contributed by atoms with Crippen LogP contribution in [0, 0.1) is 0 Å². The number of benzene rings is 1. The maximum absolute atomic E-state index is 12.1. The van der Waals surface area contributed by atoms with Gasteiger partial charge in [-0.15, -0.1) is 13.2 Å². The minimum atomic E-state index is -4.80. The molecule has 0 spiro atoms. The number of carbonyl (C=O) groups excluding carboxylic acids is 1. The number of hydrogen-bond acceptors (Lipinski definition) is 4. The Bertz CT molecular complexity index is 439. The third kappa shape index (κ3) is 5.18. The van der Waals surface area contributed by atoms with Crippen LogP contribution in [0.5, 0.6) is 5.75 Å². The van der Waals surface area contributed by atoms with Crippen LogP contribution in [0.1, 0.15) is 24.2 Å². The number of ketones is 1. The monoisotopic (exact) mass is 292 g/mol. The average Bonchev–Trinajstić information content (AvgIpc) is 2.36. The zero-order valence-electron chi connectivity index (χ0n) is 11.1. The Kier molecular flexibility index (Phi) is 5.97. The summed E-state index contributed by atoms with van der Waals surface area (Å²) in [4.78, 5) is 12.1. The fraction of sp³-hybridized carbons (Fsp3) is 0.462. The highest BCUT2D eigenvalue weighted by atomic mass is 19.4. The third-order valence-corrected chi connectivity index (χ3v) is 2.20. The Labute approximate surface area is 114 Å². The van der Waals surface area contributed by atoms with Crippen molar-refractivity contribution in [2.45, 2.75) is 26.5 Å². The molecule has 1 aromatic carbocycles. The van der Waals surface area contributed by atoms with E-state index in [1.807, 2.05) is 0 Å². The van der Waals surface area contributed by atoms with Crippen molar-refractivity contribution in [3.05, 3.63) is 29.8 Å². The largest absolute Gasteiger partial charge is 0.573 e. The zero-order valence-corrected chi connectivity index (χ0v) is 11.1. The van der Waals surface area contributed by atoms with Gasteiger partial charge in [-0.3, -0.25) is 4.79 Å². The number of rotatable bonds is 7. The summed E-state index contributed by atoms with van der Waals surface area (Å²) >= 11 is 0. The van der Waals surface area contributed by atoms with Crippen molar-refractivity contribution >= 4 is 5.78 Å². The molecule has 0 aliphatic rings. The van der Waals surface area contributed by atoms with Crippen LogP contribution in [-0.4, -0.2) is 31.6 Å². The molecule has 0 N–H and O–H groups in total. The Morgan fingerprint density at radius 1 is 1.20 bits per heavy atom. The van der Waals surface area contributed by atoms with Gasteiger partial charge in [-0.25, -0.2) is 0 Å². The highest BCUT2D eigenvalue weighted by Gasteiger charge is 2.31. The standard InChI is InChI=1S/C13H15F3O4/c1-3-18-12(19-4-2)11(17)9-6-5-7-10(8-9)20-13(14,15)16/h5-8,12H,3-4H2,1-2H3. The van der Waals surface area contributed by atoms with Crippen LogP contribution in [-0.2, 0) is 9.47 Å². The fourth-order valence-corrected chi connectivity index (χ4v) is 1.48.